The van der Waals surface area contributed by atoms with Gasteiger partial charge in [-0.3, -0.25) is 4.98 Å². The molecule has 0 saturated carbocycles. The number of furan rings is 1. The minimum absolute atomic E-state index is 0.910. The number of thiophene rings is 1. The molecule has 0 atom stereocenters. The highest BCUT2D eigenvalue weighted by Gasteiger charge is 2.23. The Labute approximate surface area is 323 Å². The van der Waals surface area contributed by atoms with Gasteiger partial charge in [0, 0.05) is 59.7 Å². The van der Waals surface area contributed by atoms with E-state index in [2.05, 4.69) is 160 Å². The molecule has 5 heterocycles. The number of para-hydroxylation sites is 3. The molecule has 5 aromatic heterocycles. The number of hydrogen-bond donors (Lipinski definition) is 0. The van der Waals surface area contributed by atoms with Gasteiger partial charge < -0.3 is 13.6 Å². The first kappa shape index (κ1) is 30.2. The molecular weight excluding hydrogens is 703 g/mol. The zero-order valence-corrected chi connectivity index (χ0v) is 30.7. The van der Waals surface area contributed by atoms with Crippen molar-refractivity contribution in [3.63, 3.8) is 0 Å². The van der Waals surface area contributed by atoms with Crippen LogP contribution in [0.1, 0.15) is 0 Å². The predicted molar refractivity (Wildman–Crippen MR) is 236 cm³/mol. The Morgan fingerprint density at radius 1 is 0.429 bits per heavy atom. The first-order valence-corrected chi connectivity index (χ1v) is 19.8. The van der Waals surface area contributed by atoms with E-state index in [9.17, 15) is 0 Å². The van der Waals surface area contributed by atoms with E-state index in [0.29, 0.717) is 0 Å². The van der Waals surface area contributed by atoms with Crippen molar-refractivity contribution in [1.82, 2.24) is 14.1 Å². The average molecular weight is 732 g/mol. The maximum absolute atomic E-state index is 6.18. The van der Waals surface area contributed by atoms with E-state index in [1.54, 1.807) is 0 Å². The third kappa shape index (κ3) is 4.04. The number of hydrogen-bond acceptors (Lipinski definition) is 3. The van der Waals surface area contributed by atoms with Crippen LogP contribution in [0.4, 0.5) is 0 Å². The number of nitrogens with zero attached hydrogens (tertiary/aromatic N) is 3. The van der Waals surface area contributed by atoms with Gasteiger partial charge in [-0.1, -0.05) is 97.1 Å². The number of rotatable bonds is 3. The summed E-state index contributed by atoms with van der Waals surface area (Å²) in [6.45, 7) is 0. The van der Waals surface area contributed by atoms with Crippen molar-refractivity contribution in [3.8, 4) is 22.5 Å². The molecule has 0 unspecified atom stereocenters. The van der Waals surface area contributed by atoms with Crippen LogP contribution in [0.25, 0.3) is 119 Å². The zero-order valence-electron chi connectivity index (χ0n) is 29.9. The number of fused-ring (bicyclic) bond motifs is 16. The summed E-state index contributed by atoms with van der Waals surface area (Å²) < 4.78 is 13.6. The summed E-state index contributed by atoms with van der Waals surface area (Å²) in [6.07, 6.45) is 3.83. The fraction of sp³-hybridized carbons (Fsp3) is 0. The van der Waals surface area contributed by atoms with Crippen molar-refractivity contribution in [2.45, 2.75) is 0 Å². The number of benzene rings is 8. The molecule has 260 valence electrons. The number of aromatic nitrogens is 3. The summed E-state index contributed by atoms with van der Waals surface area (Å²) in [5.74, 6) is 0. The topological polar surface area (TPSA) is 35.9 Å². The van der Waals surface area contributed by atoms with Gasteiger partial charge >= 0.3 is 0 Å². The average Bonchev–Trinajstić information content (AvgIpc) is 4.01. The van der Waals surface area contributed by atoms with Gasteiger partial charge in [0.05, 0.1) is 38.7 Å². The van der Waals surface area contributed by atoms with Crippen LogP contribution in [0, 0.1) is 0 Å². The molecule has 0 radical (unpaired) electrons. The van der Waals surface area contributed by atoms with Crippen molar-refractivity contribution in [3.05, 3.63) is 176 Å². The van der Waals surface area contributed by atoms with E-state index in [4.69, 9.17) is 4.42 Å². The van der Waals surface area contributed by atoms with Crippen LogP contribution in [0.5, 0.6) is 0 Å². The first-order valence-electron chi connectivity index (χ1n) is 18.9. The van der Waals surface area contributed by atoms with Crippen LogP contribution in [-0.2, 0) is 0 Å². The van der Waals surface area contributed by atoms with Gasteiger partial charge in [-0.15, -0.1) is 11.3 Å². The minimum Gasteiger partial charge on any atom is -0.456 e. The molecule has 0 saturated heterocycles. The predicted octanol–water partition coefficient (Wildman–Crippen LogP) is 14.4. The summed E-state index contributed by atoms with van der Waals surface area (Å²) in [5, 5.41) is 12.4. The molecular formula is C51H29N3OS. The molecule has 5 heteroatoms. The Morgan fingerprint density at radius 3 is 1.98 bits per heavy atom. The van der Waals surface area contributed by atoms with E-state index in [-0.39, 0.29) is 0 Å². The van der Waals surface area contributed by atoms with Crippen LogP contribution in [0.15, 0.2) is 181 Å². The van der Waals surface area contributed by atoms with Crippen molar-refractivity contribution in [2.75, 3.05) is 0 Å². The van der Waals surface area contributed by atoms with Crippen molar-refractivity contribution >= 4 is 108 Å². The molecule has 56 heavy (non-hydrogen) atoms. The van der Waals surface area contributed by atoms with Gasteiger partial charge in [-0.2, -0.15) is 0 Å². The quantitative estimate of drug-likeness (QED) is 0.181. The fourth-order valence-corrected chi connectivity index (χ4v) is 10.7. The van der Waals surface area contributed by atoms with Crippen molar-refractivity contribution in [1.29, 1.82) is 0 Å². The first-order chi connectivity index (χ1) is 27.8. The Balaban J connectivity index is 1.14. The molecule has 0 spiro atoms. The van der Waals surface area contributed by atoms with Gasteiger partial charge in [0.1, 0.15) is 11.2 Å². The van der Waals surface area contributed by atoms with E-state index < -0.39 is 0 Å². The van der Waals surface area contributed by atoms with Crippen LogP contribution in [-0.4, -0.2) is 14.1 Å². The van der Waals surface area contributed by atoms with Crippen LogP contribution >= 0.6 is 11.3 Å². The monoisotopic (exact) mass is 731 g/mol. The smallest absolute Gasteiger partial charge is 0.135 e. The molecule has 0 aliphatic heterocycles. The molecule has 0 aliphatic rings. The Bertz CT molecular complexity index is 3760. The normalized spacial score (nSPS) is 12.3. The van der Waals surface area contributed by atoms with Gasteiger partial charge in [0.15, 0.2) is 0 Å². The second kappa shape index (κ2) is 11.2. The van der Waals surface area contributed by atoms with Gasteiger partial charge in [0.2, 0.25) is 0 Å². The van der Waals surface area contributed by atoms with Crippen LogP contribution in [0.2, 0.25) is 0 Å². The van der Waals surface area contributed by atoms with Gasteiger partial charge in [-0.05, 0) is 88.6 Å². The molecule has 0 aliphatic carbocycles. The Morgan fingerprint density at radius 2 is 1.12 bits per heavy atom. The zero-order chi connectivity index (χ0) is 36.5. The molecule has 13 rings (SSSR count). The summed E-state index contributed by atoms with van der Waals surface area (Å²) in [4.78, 5) is 4.56. The van der Waals surface area contributed by atoms with Gasteiger partial charge in [-0.25, -0.2) is 0 Å². The molecule has 0 amide bonds. The molecule has 13 aromatic rings. The Hall–Kier alpha value is -7.21. The van der Waals surface area contributed by atoms with Crippen LogP contribution < -0.4 is 0 Å². The lowest BCUT2D eigenvalue weighted by molar-refractivity contribution is 0.669. The highest BCUT2D eigenvalue weighted by atomic mass is 32.1. The van der Waals surface area contributed by atoms with Crippen molar-refractivity contribution in [2.24, 2.45) is 0 Å². The second-order valence-electron chi connectivity index (χ2n) is 14.7. The maximum atomic E-state index is 6.18. The summed E-state index contributed by atoms with van der Waals surface area (Å²) >= 11 is 1.90. The molecule has 8 aromatic carbocycles. The third-order valence-corrected chi connectivity index (χ3v) is 12.9. The summed E-state index contributed by atoms with van der Waals surface area (Å²) in [6, 6.07) is 59.5. The van der Waals surface area contributed by atoms with E-state index in [1.165, 1.54) is 85.7 Å². The maximum Gasteiger partial charge on any atom is 0.135 e. The lowest BCUT2D eigenvalue weighted by Gasteiger charge is -2.09. The lowest BCUT2D eigenvalue weighted by Crippen LogP contribution is -1.94. The SMILES string of the molecule is c1ccc(-n2c3cc(-c4ccc5oc6ccccc6c5c4)ccc3c3cc4c(cc32)sc2c4c3ccccc3c3c4ccccc4n(-c4cccnc4)c23)cc1. The van der Waals surface area contributed by atoms with Crippen LogP contribution in [0.3, 0.4) is 0 Å². The van der Waals surface area contributed by atoms with Crippen molar-refractivity contribution < 1.29 is 4.42 Å². The van der Waals surface area contributed by atoms with E-state index >= 15 is 0 Å². The van der Waals surface area contributed by atoms with E-state index in [1.807, 2.05) is 41.9 Å². The lowest BCUT2D eigenvalue weighted by atomic mass is 9.98. The van der Waals surface area contributed by atoms with E-state index in [0.717, 1.165) is 33.3 Å². The third-order valence-electron chi connectivity index (χ3n) is 11.8. The Kier molecular flexibility index (Phi) is 6.01. The molecule has 0 N–H and O–H groups in total. The largest absolute Gasteiger partial charge is 0.456 e. The highest BCUT2D eigenvalue weighted by Crippen LogP contribution is 2.49. The number of pyridine rings is 1. The molecule has 4 nitrogen and oxygen atoms in total. The fourth-order valence-electron chi connectivity index (χ4n) is 9.38. The molecule has 0 bridgehead atoms. The highest BCUT2D eigenvalue weighted by molar-refractivity contribution is 7.27. The second-order valence-corrected chi connectivity index (χ2v) is 15.8. The summed E-state index contributed by atoms with van der Waals surface area (Å²) in [5.41, 5.74) is 11.2. The minimum atomic E-state index is 0.910. The molecule has 0 fully saturated rings. The van der Waals surface area contributed by atoms with Gasteiger partial charge in [0.25, 0.3) is 0 Å². The summed E-state index contributed by atoms with van der Waals surface area (Å²) in [7, 11) is 0. The standard InChI is InChI=1S/C51H29N3OS/c1-2-11-32(12-3-1)53-43-26-31(30-21-23-46-40(25-30)35-14-7-9-19-45(35)55-46)20-22-34(43)39-27-41-47(28-44(39)53)56-51-49(41)37-16-5-4-15-36(37)48-38-17-6-8-18-42(38)54(50(48)51)33-13-10-24-52-29-33/h1-29H.